The molecule has 0 aromatic rings. The number of hydrogen-bond donors (Lipinski definition) is 2. The third kappa shape index (κ3) is 45.5. The highest BCUT2D eigenvalue weighted by Gasteiger charge is 2.25. The lowest BCUT2D eigenvalue weighted by Crippen LogP contribution is -2.28. The minimum Gasteiger partial charge on any atom is -0.457 e. The number of carbonyl (C=O) groups is 1. The number of allylic oxidation sites excluding steroid dienone is 8. The quantitative estimate of drug-likeness (QED) is 0.0269. The van der Waals surface area contributed by atoms with E-state index in [0.717, 1.165) is 57.8 Å². The van der Waals surface area contributed by atoms with Crippen molar-refractivity contribution in [1.29, 1.82) is 0 Å². The average molecular weight is 838 g/mol. The number of carbonyl (C=O) groups excluding carboxylic acids is 1. The van der Waals surface area contributed by atoms with Gasteiger partial charge in [0.1, 0.15) is 6.10 Å². The van der Waals surface area contributed by atoms with E-state index in [0.29, 0.717) is 13.0 Å². The molecule has 0 radical (unpaired) electrons. The Labute approximate surface area is 358 Å². The van der Waals surface area contributed by atoms with Crippen LogP contribution in [0.3, 0.4) is 0 Å². The van der Waals surface area contributed by atoms with Gasteiger partial charge in [-0.1, -0.05) is 184 Å². The van der Waals surface area contributed by atoms with Gasteiger partial charge in [0.2, 0.25) is 0 Å². The Kier molecular flexibility index (Phi) is 45.3. The molecule has 9 heteroatoms. The molecule has 0 fully saturated rings. The predicted molar refractivity (Wildman–Crippen MR) is 247 cm³/mol. The molecular weight excluding hydrogens is 746 g/mol. The number of esters is 1. The van der Waals surface area contributed by atoms with E-state index in [1.54, 1.807) is 0 Å². The van der Waals surface area contributed by atoms with Crippen molar-refractivity contribution >= 4 is 13.8 Å². The van der Waals surface area contributed by atoms with Gasteiger partial charge in [-0.2, -0.15) is 0 Å². The molecule has 0 heterocycles. The Morgan fingerprint density at radius 1 is 0.517 bits per heavy atom. The van der Waals surface area contributed by atoms with Gasteiger partial charge < -0.3 is 20.1 Å². The summed E-state index contributed by atoms with van der Waals surface area (Å²) in [5.41, 5.74) is 5.38. The SMILES string of the molecule is CCCCCCC/C=C\C/C=C\C/C=C\CCCCCCCCCCCOCC(COP(=O)(O)OCCN)OC(=O)CCCCCCC/C=C\CCCCCCCC. The van der Waals surface area contributed by atoms with Crippen LogP contribution in [-0.2, 0) is 27.9 Å². The molecule has 0 aromatic heterocycles. The van der Waals surface area contributed by atoms with Gasteiger partial charge >= 0.3 is 13.8 Å². The van der Waals surface area contributed by atoms with Crippen molar-refractivity contribution in [2.75, 3.05) is 33.0 Å². The molecule has 8 nitrogen and oxygen atoms in total. The van der Waals surface area contributed by atoms with Crippen LogP contribution in [0.15, 0.2) is 48.6 Å². The fourth-order valence-corrected chi connectivity index (χ4v) is 7.41. The molecule has 0 bridgehead atoms. The topological polar surface area (TPSA) is 117 Å². The van der Waals surface area contributed by atoms with E-state index < -0.39 is 13.9 Å². The van der Waals surface area contributed by atoms with E-state index in [4.69, 9.17) is 24.3 Å². The van der Waals surface area contributed by atoms with Crippen molar-refractivity contribution in [2.24, 2.45) is 5.73 Å². The van der Waals surface area contributed by atoms with Crippen LogP contribution in [0.25, 0.3) is 0 Å². The van der Waals surface area contributed by atoms with Gasteiger partial charge in [0, 0.05) is 19.6 Å². The highest BCUT2D eigenvalue weighted by Crippen LogP contribution is 2.43. The standard InChI is InChI=1S/C49H92NO7P/c1-3-5-7-9-11-13-15-17-19-20-21-22-23-24-25-26-27-29-31-33-35-37-39-41-44-54-46-48(47-56-58(52,53)55-45-43-50)57-49(51)42-40-38-36-34-32-30-28-18-16-14-12-10-8-6-4-2/h15,17-18,20-21,23-24,28,48H,3-14,16,19,22,25-27,29-47,50H2,1-2H3,(H,52,53)/b17-15-,21-20-,24-23-,28-18-. The van der Waals surface area contributed by atoms with Gasteiger partial charge in [-0.05, 0) is 77.0 Å². The maximum absolute atomic E-state index is 12.6. The molecule has 2 unspecified atom stereocenters. The van der Waals surface area contributed by atoms with Crippen LogP contribution < -0.4 is 5.73 Å². The van der Waals surface area contributed by atoms with Crippen molar-refractivity contribution < 1.29 is 32.8 Å². The van der Waals surface area contributed by atoms with Crippen LogP contribution in [0, 0.1) is 0 Å². The molecule has 3 N–H and O–H groups in total. The fraction of sp³-hybridized carbons (Fsp3) is 0.816. The highest BCUT2D eigenvalue weighted by atomic mass is 31.2. The van der Waals surface area contributed by atoms with Crippen molar-refractivity contribution in [2.45, 2.75) is 225 Å². The highest BCUT2D eigenvalue weighted by molar-refractivity contribution is 7.47. The van der Waals surface area contributed by atoms with Crippen LogP contribution >= 0.6 is 7.82 Å². The Hall–Kier alpha value is -1.54. The number of rotatable bonds is 46. The second-order valence-corrected chi connectivity index (χ2v) is 17.4. The van der Waals surface area contributed by atoms with Crippen molar-refractivity contribution in [3.8, 4) is 0 Å². The zero-order chi connectivity index (χ0) is 42.3. The Morgan fingerprint density at radius 3 is 1.38 bits per heavy atom. The van der Waals surface area contributed by atoms with Gasteiger partial charge in [0.05, 0.1) is 19.8 Å². The number of unbranched alkanes of at least 4 members (excludes halogenated alkanes) is 25. The summed E-state index contributed by atoms with van der Waals surface area (Å²) in [5.74, 6) is -0.341. The summed E-state index contributed by atoms with van der Waals surface area (Å²) in [6, 6.07) is 0. The zero-order valence-corrected chi connectivity index (χ0v) is 38.7. The Balaban J connectivity index is 3.97. The van der Waals surface area contributed by atoms with Gasteiger partial charge in [-0.15, -0.1) is 0 Å². The van der Waals surface area contributed by atoms with Crippen molar-refractivity contribution in [3.63, 3.8) is 0 Å². The first-order chi connectivity index (χ1) is 28.4. The molecule has 0 amide bonds. The molecule has 0 spiro atoms. The molecule has 340 valence electrons. The second-order valence-electron chi connectivity index (χ2n) is 16.0. The van der Waals surface area contributed by atoms with Gasteiger partial charge in [-0.25, -0.2) is 4.57 Å². The summed E-state index contributed by atoms with van der Waals surface area (Å²) < 4.78 is 33.5. The molecule has 0 aromatic carbocycles. The van der Waals surface area contributed by atoms with Crippen LogP contribution in [-0.4, -0.2) is 49.9 Å². The van der Waals surface area contributed by atoms with Crippen molar-refractivity contribution in [1.82, 2.24) is 0 Å². The number of nitrogens with two attached hydrogens (primary N) is 1. The molecule has 0 saturated heterocycles. The lowest BCUT2D eigenvalue weighted by Gasteiger charge is -2.20. The van der Waals surface area contributed by atoms with Crippen LogP contribution in [0.2, 0.25) is 0 Å². The largest absolute Gasteiger partial charge is 0.472 e. The van der Waals surface area contributed by atoms with Crippen LogP contribution in [0.5, 0.6) is 0 Å². The molecule has 0 aliphatic heterocycles. The molecule has 2 atom stereocenters. The summed E-state index contributed by atoms with van der Waals surface area (Å²) in [6.45, 7) is 4.90. The third-order valence-corrected chi connectivity index (χ3v) is 11.2. The minimum atomic E-state index is -4.28. The Bertz CT molecular complexity index is 1030. The summed E-state index contributed by atoms with van der Waals surface area (Å²) in [7, 11) is -4.28. The maximum atomic E-state index is 12.6. The first-order valence-electron chi connectivity index (χ1n) is 24.1. The van der Waals surface area contributed by atoms with E-state index in [1.807, 2.05) is 0 Å². The lowest BCUT2D eigenvalue weighted by atomic mass is 10.1. The Morgan fingerprint density at radius 2 is 0.914 bits per heavy atom. The van der Waals surface area contributed by atoms with Crippen LogP contribution in [0.1, 0.15) is 219 Å². The fourth-order valence-electron chi connectivity index (χ4n) is 6.65. The molecule has 0 aliphatic rings. The zero-order valence-electron chi connectivity index (χ0n) is 37.8. The molecule has 0 aliphatic carbocycles. The first kappa shape index (κ1) is 56.5. The first-order valence-corrected chi connectivity index (χ1v) is 25.6. The molecule has 0 rings (SSSR count). The van der Waals surface area contributed by atoms with E-state index in [1.165, 1.54) is 141 Å². The van der Waals surface area contributed by atoms with Gasteiger partial charge in [0.15, 0.2) is 0 Å². The molecule has 0 saturated carbocycles. The number of ether oxygens (including phenoxy) is 2. The van der Waals surface area contributed by atoms with E-state index in [-0.39, 0.29) is 32.3 Å². The summed E-state index contributed by atoms with van der Waals surface area (Å²) >= 11 is 0. The maximum Gasteiger partial charge on any atom is 0.472 e. The van der Waals surface area contributed by atoms with Gasteiger partial charge in [0.25, 0.3) is 0 Å². The van der Waals surface area contributed by atoms with Crippen LogP contribution in [0.4, 0.5) is 0 Å². The molecule has 58 heavy (non-hydrogen) atoms. The molecular formula is C49H92NO7P. The smallest absolute Gasteiger partial charge is 0.457 e. The summed E-state index contributed by atoms with van der Waals surface area (Å²) in [6.07, 6.45) is 55.6. The monoisotopic (exact) mass is 838 g/mol. The number of hydrogen-bond acceptors (Lipinski definition) is 7. The summed E-state index contributed by atoms with van der Waals surface area (Å²) in [5, 5.41) is 0. The van der Waals surface area contributed by atoms with Crippen molar-refractivity contribution in [3.05, 3.63) is 48.6 Å². The second kappa shape index (κ2) is 46.5. The third-order valence-electron chi connectivity index (χ3n) is 10.2. The number of phosphoric ester groups is 1. The lowest BCUT2D eigenvalue weighted by molar-refractivity contribution is -0.154. The predicted octanol–water partition coefficient (Wildman–Crippen LogP) is 14.8. The number of phosphoric acid groups is 1. The van der Waals surface area contributed by atoms with Gasteiger partial charge in [-0.3, -0.25) is 13.8 Å². The van der Waals surface area contributed by atoms with E-state index in [9.17, 15) is 14.3 Å². The van der Waals surface area contributed by atoms with E-state index >= 15 is 0 Å². The minimum absolute atomic E-state index is 0.0970. The average Bonchev–Trinajstić information content (AvgIpc) is 3.21. The van der Waals surface area contributed by atoms with E-state index in [2.05, 4.69) is 62.5 Å². The summed E-state index contributed by atoms with van der Waals surface area (Å²) in [4.78, 5) is 22.5. The normalized spacial score (nSPS) is 13.8.